The molecule has 5 fully saturated rings. The second kappa shape index (κ2) is 12.4. The quantitative estimate of drug-likeness (QED) is 0.160. The van der Waals surface area contributed by atoms with Crippen LogP contribution in [0.3, 0.4) is 0 Å². The number of nitrogens with one attached hydrogen (secondary N) is 1. The van der Waals surface area contributed by atoms with E-state index in [1.165, 1.54) is 11.3 Å². The van der Waals surface area contributed by atoms with Crippen LogP contribution in [0.15, 0.2) is 48.1 Å². The van der Waals surface area contributed by atoms with Crippen LogP contribution in [0.25, 0.3) is 16.5 Å². The number of nitrogens with zero attached hydrogens (tertiary/aromatic N) is 2. The highest BCUT2D eigenvalue weighted by atomic mass is 16.5. The number of Topliss-reactive ketones (excluding diaryl/α,β-unsaturated/α-hetero) is 1. The van der Waals surface area contributed by atoms with E-state index in [9.17, 15) is 19.8 Å². The number of amides is 1. The van der Waals surface area contributed by atoms with Crippen molar-refractivity contribution in [1.29, 1.82) is 0 Å². The van der Waals surface area contributed by atoms with E-state index in [-0.39, 0.29) is 40.4 Å². The molecule has 1 amide bonds. The monoisotopic (exact) mass is 787 g/mol. The van der Waals surface area contributed by atoms with Gasteiger partial charge in [0.05, 0.1) is 34.5 Å². The molecule has 1 aromatic heterocycles. The molecule has 8 nitrogen and oxygen atoms in total. The van der Waals surface area contributed by atoms with E-state index < -0.39 is 34.9 Å². The van der Waals surface area contributed by atoms with Crippen molar-refractivity contribution in [3.63, 3.8) is 0 Å². The summed E-state index contributed by atoms with van der Waals surface area (Å²) in [6.45, 7) is 27.0. The molecular formula is C50H65N3O5. The SMILES string of the molecule is C=C(C)C1C(=O)c2c3c(cc4c5c(n1c24)C1(C)C(CCC2C(C)(/C=C/C=C(\C)C(=O)NC4CN6CCC4CC6)C(O)CCC21C)C5)C1=CC(C)(C)OC(C)(C)C1C3O. The number of ketones is 1. The average molecular weight is 788 g/mol. The zero-order valence-corrected chi connectivity index (χ0v) is 36.3. The summed E-state index contributed by atoms with van der Waals surface area (Å²) in [5.41, 5.74) is 6.55. The number of piperidine rings is 3. The van der Waals surface area contributed by atoms with Gasteiger partial charge < -0.3 is 29.7 Å². The van der Waals surface area contributed by atoms with Crippen molar-refractivity contribution in [1.82, 2.24) is 14.8 Å². The highest BCUT2D eigenvalue weighted by molar-refractivity contribution is 6.18. The molecule has 2 aromatic rings. The van der Waals surface area contributed by atoms with Crippen molar-refractivity contribution < 1.29 is 24.5 Å². The molecule has 2 saturated carbocycles. The van der Waals surface area contributed by atoms with Crippen molar-refractivity contribution in [2.75, 3.05) is 19.6 Å². The van der Waals surface area contributed by atoms with E-state index >= 15 is 0 Å². The van der Waals surface area contributed by atoms with Crippen LogP contribution in [-0.4, -0.2) is 74.4 Å². The minimum atomic E-state index is -0.853. The number of aliphatic hydroxyl groups is 2. The first-order valence-electron chi connectivity index (χ1n) is 22.4. The van der Waals surface area contributed by atoms with Crippen LogP contribution in [0, 0.1) is 34.5 Å². The summed E-state index contributed by atoms with van der Waals surface area (Å²) >= 11 is 0. The molecule has 4 aliphatic carbocycles. The van der Waals surface area contributed by atoms with E-state index in [0.717, 1.165) is 91.3 Å². The Kier molecular flexibility index (Phi) is 8.31. The van der Waals surface area contributed by atoms with Crippen LogP contribution >= 0.6 is 0 Å². The summed E-state index contributed by atoms with van der Waals surface area (Å²) in [7, 11) is 0. The minimum absolute atomic E-state index is 0.00275. The second-order valence-corrected chi connectivity index (χ2v) is 21.7. The Bertz CT molecular complexity index is 2280. The van der Waals surface area contributed by atoms with Gasteiger partial charge in [-0.3, -0.25) is 9.59 Å². The van der Waals surface area contributed by atoms with Crippen molar-refractivity contribution in [3.05, 3.63) is 76.0 Å². The number of allylic oxidation sites excluding steroid dienone is 3. The third-order valence-corrected chi connectivity index (χ3v) is 17.7. The lowest BCUT2D eigenvalue weighted by molar-refractivity contribution is -0.144. The molecule has 0 spiro atoms. The lowest BCUT2D eigenvalue weighted by atomic mass is 9.40. The molecule has 10 atom stereocenters. The van der Waals surface area contributed by atoms with Crippen LogP contribution in [0.5, 0.6) is 0 Å². The zero-order valence-electron chi connectivity index (χ0n) is 36.3. The first-order valence-corrected chi connectivity index (χ1v) is 22.4. The Hall–Kier alpha value is -3.30. The number of carbonyl (C=O) groups is 2. The predicted molar refractivity (Wildman–Crippen MR) is 229 cm³/mol. The number of fused-ring (bicyclic) bond motifs is 14. The third-order valence-electron chi connectivity index (χ3n) is 17.7. The van der Waals surface area contributed by atoms with Crippen LogP contribution < -0.4 is 5.32 Å². The number of ether oxygens (including phenoxy) is 1. The fourth-order valence-electron chi connectivity index (χ4n) is 15.0. The number of rotatable bonds is 5. The Balaban J connectivity index is 1.05. The zero-order chi connectivity index (χ0) is 41.2. The molecule has 3 N–H and O–H groups in total. The summed E-state index contributed by atoms with van der Waals surface area (Å²) < 4.78 is 8.94. The van der Waals surface area contributed by atoms with Gasteiger partial charge in [0.15, 0.2) is 5.78 Å². The maximum Gasteiger partial charge on any atom is 0.247 e. The van der Waals surface area contributed by atoms with E-state index in [2.05, 4.69) is 88.0 Å². The average Bonchev–Trinajstić information content (AvgIpc) is 3.83. The first kappa shape index (κ1) is 38.9. The van der Waals surface area contributed by atoms with Crippen LogP contribution in [0.1, 0.15) is 146 Å². The molecule has 10 unspecified atom stereocenters. The first-order chi connectivity index (χ1) is 27.2. The Labute approximate surface area is 344 Å². The smallest absolute Gasteiger partial charge is 0.247 e. The minimum Gasteiger partial charge on any atom is -0.392 e. The lowest BCUT2D eigenvalue weighted by Crippen LogP contribution is -2.62. The summed E-state index contributed by atoms with van der Waals surface area (Å²) in [5, 5.41) is 28.7. The topological polar surface area (TPSA) is 104 Å². The van der Waals surface area contributed by atoms with Gasteiger partial charge in [0.2, 0.25) is 5.91 Å². The van der Waals surface area contributed by atoms with Crippen LogP contribution in [-0.2, 0) is 21.4 Å². The summed E-state index contributed by atoms with van der Waals surface area (Å²) in [4.78, 5) is 30.8. The van der Waals surface area contributed by atoms with Gasteiger partial charge >= 0.3 is 0 Å². The molecule has 2 bridgehead atoms. The van der Waals surface area contributed by atoms with Gasteiger partial charge in [0.1, 0.15) is 6.04 Å². The lowest BCUT2D eigenvalue weighted by Gasteiger charge is -2.64. The molecule has 6 heterocycles. The highest BCUT2D eigenvalue weighted by Crippen LogP contribution is 2.71. The number of hydrogen-bond donors (Lipinski definition) is 3. The molecule has 8 heteroatoms. The normalized spacial score (nSPS) is 41.6. The summed E-state index contributed by atoms with van der Waals surface area (Å²) in [6, 6.07) is 2.01. The Morgan fingerprint density at radius 2 is 1.74 bits per heavy atom. The van der Waals surface area contributed by atoms with Gasteiger partial charge in [-0.15, -0.1) is 0 Å². The predicted octanol–water partition coefficient (Wildman–Crippen LogP) is 8.31. The molecule has 310 valence electrons. The molecule has 9 aliphatic rings. The molecule has 5 aliphatic heterocycles. The van der Waals surface area contributed by atoms with E-state index in [1.54, 1.807) is 0 Å². The van der Waals surface area contributed by atoms with Crippen LogP contribution in [0.2, 0.25) is 0 Å². The maximum absolute atomic E-state index is 15.0. The standard InChI is InChI=1S/C50H65N3O5/c1-26(2)40-43(56)38-37-30(33-24-46(4,5)58-47(6,7)39(33)42(37)55)23-31-32-22-29-13-14-35-48(8,36(54)15-19-49(35,9)50(29,10)44(32)53(40)41(31)38)18-11-12-27(3)45(57)51-34-25-52-20-16-28(34)17-21-52/h11-12,18,23-24,28-29,34-36,39-40,42,54-55H,1,13-17,19-22,25H2,2-10H3,(H,51,57)/b18-11+,27-12+. The van der Waals surface area contributed by atoms with Gasteiger partial charge in [0, 0.05) is 51.6 Å². The van der Waals surface area contributed by atoms with Crippen molar-refractivity contribution in [2.45, 2.75) is 148 Å². The van der Waals surface area contributed by atoms with Gasteiger partial charge in [0.25, 0.3) is 0 Å². The van der Waals surface area contributed by atoms with E-state index in [0.29, 0.717) is 29.4 Å². The molecule has 3 saturated heterocycles. The molecule has 11 rings (SSSR count). The van der Waals surface area contributed by atoms with Gasteiger partial charge in [-0.1, -0.05) is 51.2 Å². The van der Waals surface area contributed by atoms with Crippen molar-refractivity contribution >= 4 is 28.2 Å². The number of hydrogen-bond acceptors (Lipinski definition) is 6. The number of aromatic nitrogens is 1. The molecular weight excluding hydrogens is 723 g/mol. The third kappa shape index (κ3) is 4.95. The van der Waals surface area contributed by atoms with Gasteiger partial charge in [-0.05, 0) is 152 Å². The highest BCUT2D eigenvalue weighted by Gasteiger charge is 2.68. The van der Waals surface area contributed by atoms with Gasteiger partial charge in [-0.2, -0.15) is 0 Å². The van der Waals surface area contributed by atoms with E-state index in [1.807, 2.05) is 26.0 Å². The number of benzene rings is 1. The number of aliphatic hydroxyl groups excluding tert-OH is 2. The Morgan fingerprint density at radius 3 is 2.41 bits per heavy atom. The Morgan fingerprint density at radius 1 is 1.02 bits per heavy atom. The summed E-state index contributed by atoms with van der Waals surface area (Å²) in [5.74, 6) is 0.916. The number of carbonyl (C=O) groups excluding carboxylic acids is 2. The second-order valence-electron chi connectivity index (χ2n) is 21.7. The maximum atomic E-state index is 15.0. The molecule has 1 aromatic carbocycles. The van der Waals surface area contributed by atoms with E-state index in [4.69, 9.17) is 4.74 Å². The van der Waals surface area contributed by atoms with Crippen molar-refractivity contribution in [2.24, 2.45) is 34.5 Å². The van der Waals surface area contributed by atoms with Crippen LogP contribution in [0.4, 0.5) is 0 Å². The fourth-order valence-corrected chi connectivity index (χ4v) is 15.0. The molecule has 58 heavy (non-hydrogen) atoms. The van der Waals surface area contributed by atoms with Crippen molar-refractivity contribution in [3.8, 4) is 0 Å². The molecule has 0 radical (unpaired) electrons. The summed E-state index contributed by atoms with van der Waals surface area (Å²) in [6.07, 6.45) is 13.9. The fraction of sp³-hybridized carbons (Fsp3) is 0.640. The van der Waals surface area contributed by atoms with Gasteiger partial charge in [-0.25, -0.2) is 0 Å². The largest absolute Gasteiger partial charge is 0.392 e.